The molecule has 13 heteroatoms. The minimum absolute atomic E-state index is 0. The number of alkyl halides is 3. The maximum atomic E-state index is 13.2. The smallest absolute Gasteiger partial charge is 0.481 e. The molecule has 0 aliphatic carbocycles. The summed E-state index contributed by atoms with van der Waals surface area (Å²) in [6.07, 6.45) is -1.45. The Bertz CT molecular complexity index is 1370. The molecule has 1 amide bonds. The van der Waals surface area contributed by atoms with Crippen molar-refractivity contribution in [2.45, 2.75) is 38.7 Å². The van der Waals surface area contributed by atoms with Gasteiger partial charge in [-0.3, -0.25) is 14.5 Å². The van der Waals surface area contributed by atoms with E-state index in [-0.39, 0.29) is 35.8 Å². The molecule has 8 nitrogen and oxygen atoms in total. The second-order valence-electron chi connectivity index (χ2n) is 9.65. The predicted molar refractivity (Wildman–Crippen MR) is 140 cm³/mol. The highest BCUT2D eigenvalue weighted by Crippen LogP contribution is 2.34. The van der Waals surface area contributed by atoms with E-state index >= 15 is 0 Å². The Morgan fingerprint density at radius 3 is 2.56 bits per heavy atom. The maximum absolute atomic E-state index is 13.2. The molecule has 1 saturated heterocycles. The Morgan fingerprint density at radius 1 is 1.15 bits per heavy atom. The number of carbonyl (C=O) groups is 2. The number of rotatable bonds is 6. The number of pyridine rings is 1. The number of fused-ring (bicyclic) bond motifs is 3. The number of piperidine rings is 1. The molecule has 4 heterocycles. The van der Waals surface area contributed by atoms with Gasteiger partial charge >= 0.3 is 12.3 Å². The second kappa shape index (κ2) is 11.6. The van der Waals surface area contributed by atoms with Crippen molar-refractivity contribution in [2.75, 3.05) is 26.2 Å². The van der Waals surface area contributed by atoms with Crippen LogP contribution in [-0.2, 0) is 29.1 Å². The van der Waals surface area contributed by atoms with Gasteiger partial charge in [0.15, 0.2) is 0 Å². The molecule has 0 bridgehead atoms. The third-order valence-corrected chi connectivity index (χ3v) is 7.52. The number of benzene rings is 1. The van der Waals surface area contributed by atoms with Gasteiger partial charge in [0, 0.05) is 30.4 Å². The average Bonchev–Trinajstić information content (AvgIpc) is 3.18. The molecule has 5 rings (SSSR count). The van der Waals surface area contributed by atoms with Crippen LogP contribution in [0.1, 0.15) is 29.7 Å². The van der Waals surface area contributed by atoms with Crippen molar-refractivity contribution in [2.24, 2.45) is 5.92 Å². The van der Waals surface area contributed by atoms with Crippen LogP contribution in [0.15, 0.2) is 36.5 Å². The van der Waals surface area contributed by atoms with Gasteiger partial charge in [0.05, 0.1) is 24.0 Å². The number of aromatic nitrogens is 2. The second-order valence-corrected chi connectivity index (χ2v) is 10.1. The van der Waals surface area contributed by atoms with E-state index in [1.165, 1.54) is 18.2 Å². The molecule has 210 valence electrons. The number of hydrogen-bond acceptors (Lipinski definition) is 5. The van der Waals surface area contributed by atoms with E-state index in [1.54, 1.807) is 11.1 Å². The number of carboxylic acids is 1. The number of nitrogens with zero attached hydrogens (tertiary/aromatic N) is 4. The Morgan fingerprint density at radius 2 is 1.90 bits per heavy atom. The van der Waals surface area contributed by atoms with Crippen molar-refractivity contribution in [3.8, 4) is 5.75 Å². The summed E-state index contributed by atoms with van der Waals surface area (Å²) in [5, 5.41) is 10.0. The molecule has 0 spiro atoms. The van der Waals surface area contributed by atoms with Crippen molar-refractivity contribution in [3.05, 3.63) is 58.4 Å². The first-order valence-corrected chi connectivity index (χ1v) is 12.7. The van der Waals surface area contributed by atoms with Gasteiger partial charge < -0.3 is 19.3 Å². The zero-order valence-electron chi connectivity index (χ0n) is 20.8. The topological polar surface area (TPSA) is 87.9 Å². The first-order valence-electron chi connectivity index (χ1n) is 12.3. The lowest BCUT2D eigenvalue weighted by Crippen LogP contribution is -2.45. The minimum atomic E-state index is -4.84. The van der Waals surface area contributed by atoms with E-state index in [1.807, 2.05) is 21.6 Å². The molecule has 0 saturated carbocycles. The number of carbonyl (C=O) groups excluding carboxylic acids is 1. The lowest BCUT2D eigenvalue weighted by molar-refractivity contribution is -0.274. The SMILES string of the molecule is Cl.O=C(O)C1CCN(CC(=O)N2CCc3c(n(Cc4ccc(OC(F)(F)F)c(Cl)c4)c4ncccc34)C2)CC1. The Hall–Kier alpha value is -3.02. The third-order valence-electron chi connectivity index (χ3n) is 7.23. The molecule has 3 aromatic rings. The quantitative estimate of drug-likeness (QED) is 0.449. The minimum Gasteiger partial charge on any atom is -0.481 e. The standard InChI is InChI=1S/C26H26ClF3N4O4.ClH/c27-20-12-16(3-4-22(20)38-26(28,29)30)13-34-21-14-33(11-7-18(21)19-2-1-8-31-24(19)34)23(35)15-32-9-5-17(6-10-32)25(36)37;/h1-4,8,12,17H,5-7,9-11,13-15H2,(H,36,37);1H. The molecule has 0 atom stereocenters. The molecular weight excluding hydrogens is 560 g/mol. The van der Waals surface area contributed by atoms with Crippen LogP contribution in [0.2, 0.25) is 5.02 Å². The Kier molecular flexibility index (Phi) is 8.63. The van der Waals surface area contributed by atoms with Crippen LogP contribution in [0.25, 0.3) is 11.0 Å². The summed E-state index contributed by atoms with van der Waals surface area (Å²) < 4.78 is 43.9. The van der Waals surface area contributed by atoms with E-state index in [9.17, 15) is 27.9 Å². The number of amides is 1. The van der Waals surface area contributed by atoms with Crippen LogP contribution in [0.5, 0.6) is 5.75 Å². The summed E-state index contributed by atoms with van der Waals surface area (Å²) in [4.78, 5) is 32.8. The largest absolute Gasteiger partial charge is 0.573 e. The van der Waals surface area contributed by atoms with E-state index in [2.05, 4.69) is 9.72 Å². The fourth-order valence-corrected chi connectivity index (χ4v) is 5.55. The summed E-state index contributed by atoms with van der Waals surface area (Å²) in [5.41, 5.74) is 3.42. The monoisotopic (exact) mass is 586 g/mol. The van der Waals surface area contributed by atoms with Crippen LogP contribution in [-0.4, -0.2) is 68.9 Å². The Balaban J connectivity index is 0.00000353. The van der Waals surface area contributed by atoms with Gasteiger partial charge in [-0.2, -0.15) is 0 Å². The molecular formula is C26H27Cl2F3N4O4. The number of likely N-dealkylation sites (tertiary alicyclic amines) is 1. The highest BCUT2D eigenvalue weighted by atomic mass is 35.5. The van der Waals surface area contributed by atoms with Crippen LogP contribution in [0, 0.1) is 5.92 Å². The number of carboxylic acid groups (broad SMARTS) is 1. The van der Waals surface area contributed by atoms with Gasteiger partial charge in [-0.1, -0.05) is 17.7 Å². The van der Waals surface area contributed by atoms with Crippen LogP contribution in [0.3, 0.4) is 0 Å². The first-order chi connectivity index (χ1) is 18.1. The predicted octanol–water partition coefficient (Wildman–Crippen LogP) is 4.74. The van der Waals surface area contributed by atoms with Crippen molar-refractivity contribution < 1.29 is 32.6 Å². The third kappa shape index (κ3) is 6.42. The van der Waals surface area contributed by atoms with Gasteiger partial charge in [-0.25, -0.2) is 4.98 Å². The molecule has 1 aromatic carbocycles. The summed E-state index contributed by atoms with van der Waals surface area (Å²) in [6, 6.07) is 8.00. The molecule has 1 fully saturated rings. The number of halogens is 5. The fraction of sp³-hybridized carbons (Fsp3) is 0.423. The summed E-state index contributed by atoms with van der Waals surface area (Å²) in [7, 11) is 0. The highest BCUT2D eigenvalue weighted by molar-refractivity contribution is 6.32. The van der Waals surface area contributed by atoms with E-state index < -0.39 is 18.1 Å². The van der Waals surface area contributed by atoms with Crippen molar-refractivity contribution >= 4 is 46.9 Å². The maximum Gasteiger partial charge on any atom is 0.573 e. The van der Waals surface area contributed by atoms with Gasteiger partial charge in [0.2, 0.25) is 5.91 Å². The molecule has 0 radical (unpaired) electrons. The number of hydrogen-bond donors (Lipinski definition) is 1. The molecule has 2 aromatic heterocycles. The first kappa shape index (κ1) is 29.0. The summed E-state index contributed by atoms with van der Waals surface area (Å²) >= 11 is 6.08. The van der Waals surface area contributed by atoms with Gasteiger partial charge in [0.1, 0.15) is 11.4 Å². The normalized spacial score (nSPS) is 16.6. The number of ether oxygens (including phenoxy) is 1. The molecule has 1 N–H and O–H groups in total. The molecule has 39 heavy (non-hydrogen) atoms. The highest BCUT2D eigenvalue weighted by Gasteiger charge is 2.33. The summed E-state index contributed by atoms with van der Waals surface area (Å²) in [5.74, 6) is -1.63. The van der Waals surface area contributed by atoms with Crippen LogP contribution in [0.4, 0.5) is 13.2 Å². The average molecular weight is 587 g/mol. The van der Waals surface area contributed by atoms with Crippen LogP contribution < -0.4 is 4.74 Å². The molecule has 2 aliphatic heterocycles. The van der Waals surface area contributed by atoms with Crippen molar-refractivity contribution in [3.63, 3.8) is 0 Å². The summed E-state index contributed by atoms with van der Waals surface area (Å²) in [6.45, 7) is 2.61. The lowest BCUT2D eigenvalue weighted by Gasteiger charge is -2.33. The fourth-order valence-electron chi connectivity index (χ4n) is 5.31. The van der Waals surface area contributed by atoms with Crippen LogP contribution >= 0.6 is 24.0 Å². The number of aliphatic carboxylic acids is 1. The molecule has 0 unspecified atom stereocenters. The lowest BCUT2D eigenvalue weighted by atomic mass is 9.97. The molecule has 2 aliphatic rings. The van der Waals surface area contributed by atoms with Gasteiger partial charge in [-0.05, 0) is 67.7 Å². The van der Waals surface area contributed by atoms with Crippen molar-refractivity contribution in [1.82, 2.24) is 19.4 Å². The van der Waals surface area contributed by atoms with Crippen molar-refractivity contribution in [1.29, 1.82) is 0 Å². The van der Waals surface area contributed by atoms with Gasteiger partial charge in [0.25, 0.3) is 0 Å². The van der Waals surface area contributed by atoms with E-state index in [4.69, 9.17) is 11.6 Å². The van der Waals surface area contributed by atoms with Gasteiger partial charge in [-0.15, -0.1) is 25.6 Å². The van der Waals surface area contributed by atoms with E-state index in [0.29, 0.717) is 57.5 Å². The zero-order valence-corrected chi connectivity index (χ0v) is 22.4. The Labute approximate surface area is 233 Å². The zero-order chi connectivity index (χ0) is 27.0. The van der Waals surface area contributed by atoms with E-state index in [0.717, 1.165) is 22.3 Å².